The third-order valence-electron chi connectivity index (χ3n) is 3.34. The molecule has 0 unspecified atom stereocenters. The SMILES string of the molecule is CCN(CC)c1ccc(CNCc2ccncn2)cc1. The van der Waals surface area contributed by atoms with Crippen LogP contribution in [0.1, 0.15) is 25.1 Å². The topological polar surface area (TPSA) is 41.0 Å². The molecule has 2 aromatic rings. The second-order valence-corrected chi connectivity index (χ2v) is 4.64. The van der Waals surface area contributed by atoms with Gasteiger partial charge in [-0.1, -0.05) is 12.1 Å². The molecule has 0 aliphatic rings. The molecule has 106 valence electrons. The van der Waals surface area contributed by atoms with Gasteiger partial charge in [0.1, 0.15) is 6.33 Å². The minimum Gasteiger partial charge on any atom is -0.372 e. The van der Waals surface area contributed by atoms with E-state index >= 15 is 0 Å². The van der Waals surface area contributed by atoms with Crippen molar-refractivity contribution in [2.45, 2.75) is 26.9 Å². The normalized spacial score (nSPS) is 10.5. The zero-order valence-corrected chi connectivity index (χ0v) is 12.2. The Balaban J connectivity index is 1.85. The predicted octanol–water partition coefficient (Wildman–Crippen LogP) is 2.61. The molecule has 0 atom stereocenters. The highest BCUT2D eigenvalue weighted by Gasteiger charge is 2.01. The van der Waals surface area contributed by atoms with Crippen LogP contribution in [0.2, 0.25) is 0 Å². The van der Waals surface area contributed by atoms with Crippen molar-refractivity contribution < 1.29 is 0 Å². The minimum atomic E-state index is 0.764. The van der Waals surface area contributed by atoms with Crippen molar-refractivity contribution in [3.05, 3.63) is 54.1 Å². The number of aromatic nitrogens is 2. The van der Waals surface area contributed by atoms with Gasteiger partial charge in [-0.05, 0) is 37.6 Å². The van der Waals surface area contributed by atoms with Crippen LogP contribution in [0, 0.1) is 0 Å². The van der Waals surface area contributed by atoms with E-state index in [9.17, 15) is 0 Å². The summed E-state index contributed by atoms with van der Waals surface area (Å²) in [5.41, 5.74) is 3.59. The van der Waals surface area contributed by atoms with Crippen LogP contribution in [-0.4, -0.2) is 23.1 Å². The molecule has 0 saturated heterocycles. The Labute approximate surface area is 120 Å². The summed E-state index contributed by atoms with van der Waals surface area (Å²) in [5, 5.41) is 3.39. The summed E-state index contributed by atoms with van der Waals surface area (Å²) >= 11 is 0. The quantitative estimate of drug-likeness (QED) is 0.839. The zero-order chi connectivity index (χ0) is 14.2. The van der Waals surface area contributed by atoms with Gasteiger partial charge in [0.25, 0.3) is 0 Å². The fraction of sp³-hybridized carbons (Fsp3) is 0.375. The van der Waals surface area contributed by atoms with Gasteiger partial charge < -0.3 is 10.2 Å². The number of hydrogen-bond donors (Lipinski definition) is 1. The molecule has 0 spiro atoms. The van der Waals surface area contributed by atoms with Crippen LogP contribution >= 0.6 is 0 Å². The van der Waals surface area contributed by atoms with Crippen molar-refractivity contribution in [2.24, 2.45) is 0 Å². The van der Waals surface area contributed by atoms with E-state index in [0.717, 1.165) is 31.9 Å². The first kappa shape index (κ1) is 14.5. The van der Waals surface area contributed by atoms with Crippen molar-refractivity contribution in [1.29, 1.82) is 0 Å². The van der Waals surface area contributed by atoms with Gasteiger partial charge in [0, 0.05) is 38.1 Å². The summed E-state index contributed by atoms with van der Waals surface area (Å²) in [6, 6.07) is 10.7. The second kappa shape index (κ2) is 7.60. The molecule has 1 aromatic carbocycles. The Morgan fingerprint density at radius 2 is 1.75 bits per heavy atom. The molecule has 1 heterocycles. The molecular weight excluding hydrogens is 248 g/mol. The fourth-order valence-electron chi connectivity index (χ4n) is 2.17. The van der Waals surface area contributed by atoms with E-state index < -0.39 is 0 Å². The summed E-state index contributed by atoms with van der Waals surface area (Å²) in [5.74, 6) is 0. The summed E-state index contributed by atoms with van der Waals surface area (Å²) < 4.78 is 0. The average Bonchev–Trinajstić information content (AvgIpc) is 2.51. The molecule has 4 nitrogen and oxygen atoms in total. The van der Waals surface area contributed by atoms with Gasteiger partial charge in [-0.3, -0.25) is 0 Å². The van der Waals surface area contributed by atoms with Gasteiger partial charge in [0.2, 0.25) is 0 Å². The van der Waals surface area contributed by atoms with Crippen molar-refractivity contribution in [3.8, 4) is 0 Å². The standard InChI is InChI=1S/C16H22N4/c1-3-20(4-2)16-7-5-14(6-8-16)11-18-12-15-9-10-17-13-19-15/h5-10,13,18H,3-4,11-12H2,1-2H3. The third kappa shape index (κ3) is 4.03. The van der Waals surface area contributed by atoms with E-state index in [4.69, 9.17) is 0 Å². The number of hydrogen-bond acceptors (Lipinski definition) is 4. The molecule has 20 heavy (non-hydrogen) atoms. The third-order valence-corrected chi connectivity index (χ3v) is 3.34. The first-order valence-corrected chi connectivity index (χ1v) is 7.13. The fourth-order valence-corrected chi connectivity index (χ4v) is 2.17. The van der Waals surface area contributed by atoms with Gasteiger partial charge >= 0.3 is 0 Å². The first-order valence-electron chi connectivity index (χ1n) is 7.13. The lowest BCUT2D eigenvalue weighted by Gasteiger charge is -2.21. The summed E-state index contributed by atoms with van der Waals surface area (Å²) in [6.07, 6.45) is 3.35. The van der Waals surface area contributed by atoms with Gasteiger partial charge in [0.05, 0.1) is 5.69 Å². The number of benzene rings is 1. The Hall–Kier alpha value is -1.94. The largest absolute Gasteiger partial charge is 0.372 e. The lowest BCUT2D eigenvalue weighted by molar-refractivity contribution is 0.677. The molecule has 0 saturated carbocycles. The van der Waals surface area contributed by atoms with Crippen LogP contribution in [0.5, 0.6) is 0 Å². The molecule has 0 radical (unpaired) electrons. The molecule has 0 amide bonds. The minimum absolute atomic E-state index is 0.764. The van der Waals surface area contributed by atoms with Gasteiger partial charge in [0.15, 0.2) is 0 Å². The number of rotatable bonds is 7. The van der Waals surface area contributed by atoms with E-state index in [1.54, 1.807) is 12.5 Å². The summed E-state index contributed by atoms with van der Waals surface area (Å²) in [6.45, 7) is 8.06. The highest BCUT2D eigenvalue weighted by Crippen LogP contribution is 2.14. The van der Waals surface area contributed by atoms with Crippen LogP contribution in [0.4, 0.5) is 5.69 Å². The second-order valence-electron chi connectivity index (χ2n) is 4.64. The number of nitrogens with zero attached hydrogens (tertiary/aromatic N) is 3. The molecule has 1 N–H and O–H groups in total. The monoisotopic (exact) mass is 270 g/mol. The molecule has 0 aliphatic heterocycles. The molecule has 0 bridgehead atoms. The maximum Gasteiger partial charge on any atom is 0.115 e. The molecule has 0 fully saturated rings. The Morgan fingerprint density at radius 3 is 2.35 bits per heavy atom. The lowest BCUT2D eigenvalue weighted by atomic mass is 10.2. The zero-order valence-electron chi connectivity index (χ0n) is 12.2. The van der Waals surface area contributed by atoms with Crippen molar-refractivity contribution in [1.82, 2.24) is 15.3 Å². The summed E-state index contributed by atoms with van der Waals surface area (Å²) in [7, 11) is 0. The first-order chi connectivity index (χ1) is 9.83. The smallest absolute Gasteiger partial charge is 0.115 e. The van der Waals surface area contributed by atoms with E-state index in [1.807, 2.05) is 6.07 Å². The van der Waals surface area contributed by atoms with Crippen molar-refractivity contribution >= 4 is 5.69 Å². The van der Waals surface area contributed by atoms with Crippen LogP contribution in [-0.2, 0) is 13.1 Å². The average molecular weight is 270 g/mol. The highest BCUT2D eigenvalue weighted by molar-refractivity contribution is 5.47. The predicted molar refractivity (Wildman–Crippen MR) is 82.6 cm³/mol. The van der Waals surface area contributed by atoms with Gasteiger partial charge in [-0.15, -0.1) is 0 Å². The van der Waals surface area contributed by atoms with Gasteiger partial charge in [-0.25, -0.2) is 9.97 Å². The molecular formula is C16H22N4. The van der Waals surface area contributed by atoms with Gasteiger partial charge in [-0.2, -0.15) is 0 Å². The van der Waals surface area contributed by atoms with Crippen molar-refractivity contribution in [2.75, 3.05) is 18.0 Å². The van der Waals surface area contributed by atoms with E-state index in [1.165, 1.54) is 11.3 Å². The maximum atomic E-state index is 4.19. The molecule has 1 aromatic heterocycles. The van der Waals surface area contributed by atoms with Crippen LogP contribution in [0.3, 0.4) is 0 Å². The lowest BCUT2D eigenvalue weighted by Crippen LogP contribution is -2.21. The van der Waals surface area contributed by atoms with E-state index in [-0.39, 0.29) is 0 Å². The van der Waals surface area contributed by atoms with Crippen LogP contribution in [0.25, 0.3) is 0 Å². The molecule has 4 heteroatoms. The maximum absolute atomic E-state index is 4.19. The molecule has 2 rings (SSSR count). The summed E-state index contributed by atoms with van der Waals surface area (Å²) in [4.78, 5) is 10.4. The van der Waals surface area contributed by atoms with Crippen LogP contribution < -0.4 is 10.2 Å². The van der Waals surface area contributed by atoms with Crippen LogP contribution in [0.15, 0.2) is 42.9 Å². The Bertz CT molecular complexity index is 492. The van der Waals surface area contributed by atoms with E-state index in [2.05, 4.69) is 58.3 Å². The van der Waals surface area contributed by atoms with E-state index in [0.29, 0.717) is 0 Å². The Morgan fingerprint density at radius 1 is 1.00 bits per heavy atom. The molecule has 0 aliphatic carbocycles. The highest BCUT2D eigenvalue weighted by atomic mass is 15.1. The number of anilines is 1. The van der Waals surface area contributed by atoms with Crippen molar-refractivity contribution in [3.63, 3.8) is 0 Å². The number of nitrogens with one attached hydrogen (secondary N) is 1. The Kier molecular flexibility index (Phi) is 5.50.